The number of benzene rings is 1. The van der Waals surface area contributed by atoms with Gasteiger partial charge in [-0.05, 0) is 37.6 Å². The molecular formula is C14H22N2O4S. The number of hydrogen-bond donors (Lipinski definition) is 1. The molecule has 0 radical (unpaired) electrons. The molecule has 0 fully saturated rings. The van der Waals surface area contributed by atoms with Crippen LogP contribution in [-0.2, 0) is 14.8 Å². The van der Waals surface area contributed by atoms with Gasteiger partial charge in [-0.1, -0.05) is 6.92 Å². The summed E-state index contributed by atoms with van der Waals surface area (Å²) in [6.45, 7) is 4.02. The van der Waals surface area contributed by atoms with E-state index in [4.69, 9.17) is 4.74 Å². The van der Waals surface area contributed by atoms with Crippen LogP contribution in [0.5, 0.6) is 5.75 Å². The number of carbonyl (C=O) groups is 1. The van der Waals surface area contributed by atoms with Crippen LogP contribution in [0.25, 0.3) is 0 Å². The van der Waals surface area contributed by atoms with Crippen LogP contribution in [0.1, 0.15) is 20.3 Å². The van der Waals surface area contributed by atoms with Crippen LogP contribution in [-0.4, -0.2) is 40.3 Å². The van der Waals surface area contributed by atoms with Crippen LogP contribution in [0.15, 0.2) is 24.3 Å². The Hall–Kier alpha value is -1.76. The summed E-state index contributed by atoms with van der Waals surface area (Å²) >= 11 is 0. The zero-order valence-electron chi connectivity index (χ0n) is 12.8. The van der Waals surface area contributed by atoms with Gasteiger partial charge in [0.15, 0.2) is 0 Å². The van der Waals surface area contributed by atoms with Gasteiger partial charge in [-0.2, -0.15) is 0 Å². The predicted molar refractivity (Wildman–Crippen MR) is 83.1 cm³/mol. The Labute approximate surface area is 126 Å². The van der Waals surface area contributed by atoms with Gasteiger partial charge in [0.05, 0.1) is 19.1 Å². The molecule has 0 aliphatic heterocycles. The van der Waals surface area contributed by atoms with Gasteiger partial charge in [0.1, 0.15) is 11.8 Å². The van der Waals surface area contributed by atoms with Crippen molar-refractivity contribution >= 4 is 21.6 Å². The van der Waals surface area contributed by atoms with Crippen LogP contribution < -0.4 is 14.4 Å². The van der Waals surface area contributed by atoms with Crippen molar-refractivity contribution in [3.8, 4) is 5.75 Å². The lowest BCUT2D eigenvalue weighted by Gasteiger charge is -2.28. The summed E-state index contributed by atoms with van der Waals surface area (Å²) in [6, 6.07) is 5.72. The van der Waals surface area contributed by atoms with Crippen LogP contribution in [0.2, 0.25) is 0 Å². The van der Waals surface area contributed by atoms with Crippen LogP contribution in [0, 0.1) is 0 Å². The summed E-state index contributed by atoms with van der Waals surface area (Å²) in [6.07, 6.45) is 1.88. The number of amides is 1. The van der Waals surface area contributed by atoms with Gasteiger partial charge in [-0.25, -0.2) is 8.42 Å². The molecule has 0 saturated heterocycles. The van der Waals surface area contributed by atoms with E-state index in [-0.39, 0.29) is 5.91 Å². The Bertz CT molecular complexity index is 569. The molecule has 7 heteroatoms. The molecule has 1 rings (SSSR count). The highest BCUT2D eigenvalue weighted by Crippen LogP contribution is 2.23. The maximum atomic E-state index is 12.0. The zero-order valence-corrected chi connectivity index (χ0v) is 13.6. The minimum absolute atomic E-state index is 0.321. The van der Waals surface area contributed by atoms with Gasteiger partial charge in [0, 0.05) is 6.54 Å². The highest BCUT2D eigenvalue weighted by Gasteiger charge is 2.28. The number of ether oxygens (including phenoxy) is 1. The molecular weight excluding hydrogens is 292 g/mol. The predicted octanol–water partition coefficient (Wildman–Crippen LogP) is 1.38. The number of nitrogens with zero attached hydrogens (tertiary/aromatic N) is 1. The largest absolute Gasteiger partial charge is 0.497 e. The number of carbonyl (C=O) groups excluding carboxylic acids is 1. The average molecular weight is 314 g/mol. The Morgan fingerprint density at radius 2 is 1.90 bits per heavy atom. The molecule has 21 heavy (non-hydrogen) atoms. The molecule has 0 aliphatic rings. The molecule has 1 aromatic carbocycles. The van der Waals surface area contributed by atoms with Gasteiger partial charge in [0.25, 0.3) is 0 Å². The summed E-state index contributed by atoms with van der Waals surface area (Å²) in [4.78, 5) is 12.0. The fourth-order valence-electron chi connectivity index (χ4n) is 1.93. The molecule has 0 bridgehead atoms. The lowest BCUT2D eigenvalue weighted by Crippen LogP contribution is -2.48. The third kappa shape index (κ3) is 4.63. The molecule has 118 valence electrons. The lowest BCUT2D eigenvalue weighted by atomic mass is 10.2. The van der Waals surface area contributed by atoms with Gasteiger partial charge in [0.2, 0.25) is 15.9 Å². The lowest BCUT2D eigenvalue weighted by molar-refractivity contribution is -0.121. The van der Waals surface area contributed by atoms with E-state index in [0.717, 1.165) is 17.0 Å². The maximum absolute atomic E-state index is 12.0. The molecule has 6 nitrogen and oxygen atoms in total. The monoisotopic (exact) mass is 314 g/mol. The van der Waals surface area contributed by atoms with Crippen molar-refractivity contribution in [2.24, 2.45) is 0 Å². The van der Waals surface area contributed by atoms with Crippen molar-refractivity contribution in [3.05, 3.63) is 24.3 Å². The molecule has 1 amide bonds. The molecule has 1 aromatic rings. The summed E-state index contributed by atoms with van der Waals surface area (Å²) < 4.78 is 30.2. The zero-order chi connectivity index (χ0) is 16.0. The molecule has 1 N–H and O–H groups in total. The van der Waals surface area contributed by atoms with E-state index in [2.05, 4.69) is 5.32 Å². The van der Waals surface area contributed by atoms with Gasteiger partial charge in [-0.3, -0.25) is 9.10 Å². The molecule has 0 aliphatic carbocycles. The molecule has 0 spiro atoms. The average Bonchev–Trinajstić information content (AvgIpc) is 2.44. The molecule has 0 unspecified atom stereocenters. The van der Waals surface area contributed by atoms with E-state index in [1.54, 1.807) is 31.2 Å². The summed E-state index contributed by atoms with van der Waals surface area (Å²) in [5, 5.41) is 2.71. The van der Waals surface area contributed by atoms with Crippen LogP contribution in [0.3, 0.4) is 0 Å². The van der Waals surface area contributed by atoms with Crippen molar-refractivity contribution < 1.29 is 17.9 Å². The first-order valence-corrected chi connectivity index (χ1v) is 8.57. The molecule has 0 heterocycles. The minimum Gasteiger partial charge on any atom is -0.497 e. The van der Waals surface area contributed by atoms with E-state index in [0.29, 0.717) is 18.0 Å². The first-order valence-electron chi connectivity index (χ1n) is 6.72. The summed E-state index contributed by atoms with van der Waals surface area (Å²) in [5.74, 6) is 0.299. The van der Waals surface area contributed by atoms with E-state index in [9.17, 15) is 13.2 Å². The third-order valence-corrected chi connectivity index (χ3v) is 4.21. The Morgan fingerprint density at radius 3 is 2.33 bits per heavy atom. The van der Waals surface area contributed by atoms with E-state index < -0.39 is 16.1 Å². The van der Waals surface area contributed by atoms with Gasteiger partial charge < -0.3 is 10.1 Å². The number of anilines is 1. The summed E-state index contributed by atoms with van der Waals surface area (Å²) in [7, 11) is -2.04. The quantitative estimate of drug-likeness (QED) is 0.825. The first kappa shape index (κ1) is 17.3. The highest BCUT2D eigenvalue weighted by molar-refractivity contribution is 7.92. The van der Waals surface area contributed by atoms with E-state index >= 15 is 0 Å². The molecule has 0 aromatic heterocycles. The third-order valence-electron chi connectivity index (χ3n) is 2.96. The van der Waals surface area contributed by atoms with Gasteiger partial charge in [-0.15, -0.1) is 0 Å². The summed E-state index contributed by atoms with van der Waals surface area (Å²) in [5.41, 5.74) is 0.428. The first-order chi connectivity index (χ1) is 9.81. The standard InChI is InChI=1S/C14H22N2O4S/c1-5-10-15-14(17)11(2)16(21(4,18)19)12-6-8-13(20-3)9-7-12/h6-9,11H,5,10H2,1-4H3,(H,15,17)/t11-/m1/s1. The van der Waals surface area contributed by atoms with E-state index in [1.165, 1.54) is 7.11 Å². The second-order valence-electron chi connectivity index (χ2n) is 4.72. The van der Waals surface area contributed by atoms with Crippen molar-refractivity contribution in [2.45, 2.75) is 26.3 Å². The molecule has 1 atom stereocenters. The number of rotatable bonds is 7. The highest BCUT2D eigenvalue weighted by atomic mass is 32.2. The maximum Gasteiger partial charge on any atom is 0.243 e. The molecule has 0 saturated carbocycles. The second kappa shape index (κ2) is 7.31. The Morgan fingerprint density at radius 1 is 1.33 bits per heavy atom. The number of sulfonamides is 1. The van der Waals surface area contributed by atoms with E-state index in [1.807, 2.05) is 6.92 Å². The van der Waals surface area contributed by atoms with Crippen molar-refractivity contribution in [2.75, 3.05) is 24.2 Å². The Kier molecular flexibility index (Phi) is 6.02. The topological polar surface area (TPSA) is 75.7 Å². The van der Waals surface area contributed by atoms with Crippen LogP contribution in [0.4, 0.5) is 5.69 Å². The Balaban J connectivity index is 3.08. The van der Waals surface area contributed by atoms with Gasteiger partial charge >= 0.3 is 0 Å². The smallest absolute Gasteiger partial charge is 0.243 e. The van der Waals surface area contributed by atoms with Crippen molar-refractivity contribution in [1.82, 2.24) is 5.32 Å². The number of nitrogens with one attached hydrogen (secondary N) is 1. The van der Waals surface area contributed by atoms with Crippen molar-refractivity contribution in [1.29, 1.82) is 0 Å². The second-order valence-corrected chi connectivity index (χ2v) is 6.58. The SMILES string of the molecule is CCCNC(=O)[C@@H](C)N(c1ccc(OC)cc1)S(C)(=O)=O. The fourth-order valence-corrected chi connectivity index (χ4v) is 3.11. The minimum atomic E-state index is -3.58. The van der Waals surface area contributed by atoms with Crippen molar-refractivity contribution in [3.63, 3.8) is 0 Å². The number of methoxy groups -OCH3 is 1. The van der Waals surface area contributed by atoms with Crippen LogP contribution >= 0.6 is 0 Å². The normalized spacial score (nSPS) is 12.6. The number of hydrogen-bond acceptors (Lipinski definition) is 4. The fraction of sp³-hybridized carbons (Fsp3) is 0.500.